The summed E-state index contributed by atoms with van der Waals surface area (Å²) in [5, 5.41) is 9.60. The van der Waals surface area contributed by atoms with Crippen molar-refractivity contribution in [1.29, 1.82) is 0 Å². The van der Waals surface area contributed by atoms with Crippen LogP contribution in [0.4, 0.5) is 4.39 Å². The van der Waals surface area contributed by atoms with Crippen LogP contribution in [0.1, 0.15) is 12.0 Å². The lowest BCUT2D eigenvalue weighted by molar-refractivity contribution is -0.136. The first-order valence-electron chi connectivity index (χ1n) is 9.40. The smallest absolute Gasteiger partial charge is 0.303 e. The minimum absolute atomic E-state index is 0.0101. The van der Waals surface area contributed by atoms with Gasteiger partial charge < -0.3 is 5.11 Å². The van der Waals surface area contributed by atoms with Gasteiger partial charge in [-0.1, -0.05) is 54.1 Å². The van der Waals surface area contributed by atoms with Gasteiger partial charge in [0.05, 0.1) is 15.4 Å². The van der Waals surface area contributed by atoms with E-state index in [0.29, 0.717) is 27.6 Å². The molecule has 5 nitrogen and oxygen atoms in total. The highest BCUT2D eigenvalue weighted by molar-refractivity contribution is 7.90. The topological polar surface area (TPSA) is 76.4 Å². The standard InChI is InChI=1S/C23H17ClFNO4S/c24-23-19(8-4-9-20(23)25)15-5-3-6-17(13-15)31(29,30)26-14-16(11-12-22(27)28)18-7-1-2-10-21(18)26/h1-10,13-14H,11-12H2,(H,27,28). The predicted molar refractivity (Wildman–Crippen MR) is 117 cm³/mol. The van der Waals surface area contributed by atoms with Crippen LogP contribution in [0, 0.1) is 5.82 Å². The van der Waals surface area contributed by atoms with Crippen molar-refractivity contribution >= 4 is 38.5 Å². The normalized spacial score (nSPS) is 11.7. The number of aromatic nitrogens is 1. The number of hydrogen-bond acceptors (Lipinski definition) is 3. The van der Waals surface area contributed by atoms with Crippen molar-refractivity contribution in [3.05, 3.63) is 89.3 Å². The van der Waals surface area contributed by atoms with Gasteiger partial charge in [0.2, 0.25) is 0 Å². The molecule has 0 bridgehead atoms. The first-order chi connectivity index (χ1) is 14.8. The molecule has 4 rings (SSSR count). The van der Waals surface area contributed by atoms with Gasteiger partial charge in [0.25, 0.3) is 10.0 Å². The summed E-state index contributed by atoms with van der Waals surface area (Å²) in [6.45, 7) is 0. The molecule has 0 aliphatic carbocycles. The molecule has 1 N–H and O–H groups in total. The highest BCUT2D eigenvalue weighted by atomic mass is 35.5. The SMILES string of the molecule is O=C(O)CCc1cn(S(=O)(=O)c2cccc(-c3cccc(F)c3Cl)c2)c2ccccc12. The predicted octanol–water partition coefficient (Wildman–Crippen LogP) is 5.36. The highest BCUT2D eigenvalue weighted by Crippen LogP contribution is 2.32. The molecule has 0 aliphatic heterocycles. The quantitative estimate of drug-likeness (QED) is 0.423. The van der Waals surface area contributed by atoms with Gasteiger partial charge in [0, 0.05) is 23.6 Å². The number of aliphatic carboxylic acids is 1. The first kappa shape index (κ1) is 21.1. The molecule has 0 saturated heterocycles. The zero-order valence-corrected chi connectivity index (χ0v) is 17.7. The summed E-state index contributed by atoms with van der Waals surface area (Å²) < 4.78 is 42.0. The fourth-order valence-corrected chi connectivity index (χ4v) is 5.19. The lowest BCUT2D eigenvalue weighted by atomic mass is 10.1. The lowest BCUT2D eigenvalue weighted by Gasteiger charge is -2.10. The molecular weight excluding hydrogens is 441 g/mol. The number of nitrogens with zero attached hydrogens (tertiary/aromatic N) is 1. The molecule has 0 atom stereocenters. The van der Waals surface area contributed by atoms with Crippen LogP contribution < -0.4 is 0 Å². The van der Waals surface area contributed by atoms with Crippen molar-refractivity contribution in [1.82, 2.24) is 3.97 Å². The number of aryl methyl sites for hydroxylation is 1. The zero-order valence-electron chi connectivity index (χ0n) is 16.1. The van der Waals surface area contributed by atoms with Gasteiger partial charge in [-0.05, 0) is 41.8 Å². The Morgan fingerprint density at radius 2 is 1.77 bits per heavy atom. The molecule has 0 unspecified atom stereocenters. The zero-order chi connectivity index (χ0) is 22.2. The summed E-state index contributed by atoms with van der Waals surface area (Å²) >= 11 is 6.08. The molecule has 158 valence electrons. The Morgan fingerprint density at radius 1 is 1.03 bits per heavy atom. The number of hydrogen-bond donors (Lipinski definition) is 1. The Hall–Kier alpha value is -3.16. The van der Waals surface area contributed by atoms with Crippen molar-refractivity contribution in [3.8, 4) is 11.1 Å². The molecule has 4 aromatic rings. The van der Waals surface area contributed by atoms with Crippen LogP contribution in [-0.4, -0.2) is 23.5 Å². The fourth-order valence-electron chi connectivity index (χ4n) is 3.52. The maximum absolute atomic E-state index is 13.9. The van der Waals surface area contributed by atoms with Crippen molar-refractivity contribution in [2.24, 2.45) is 0 Å². The molecule has 0 radical (unpaired) electrons. The Bertz CT molecular complexity index is 1410. The number of halogens is 2. The molecule has 3 aromatic carbocycles. The Kier molecular flexibility index (Phi) is 5.56. The minimum Gasteiger partial charge on any atom is -0.481 e. The Morgan fingerprint density at radius 3 is 2.55 bits per heavy atom. The fraction of sp³-hybridized carbons (Fsp3) is 0.0870. The molecule has 0 fully saturated rings. The van der Waals surface area contributed by atoms with E-state index in [1.165, 1.54) is 30.5 Å². The van der Waals surface area contributed by atoms with E-state index in [-0.39, 0.29) is 22.8 Å². The average Bonchev–Trinajstić information content (AvgIpc) is 3.14. The summed E-state index contributed by atoms with van der Waals surface area (Å²) in [6.07, 6.45) is 1.56. The van der Waals surface area contributed by atoms with E-state index >= 15 is 0 Å². The largest absolute Gasteiger partial charge is 0.481 e. The van der Waals surface area contributed by atoms with Crippen LogP contribution >= 0.6 is 11.6 Å². The number of carboxylic acid groups (broad SMARTS) is 1. The molecule has 0 amide bonds. The van der Waals surface area contributed by atoms with E-state index in [0.717, 1.165) is 3.97 Å². The summed E-state index contributed by atoms with van der Waals surface area (Å²) in [7, 11) is -4.00. The van der Waals surface area contributed by atoms with E-state index < -0.39 is 21.8 Å². The van der Waals surface area contributed by atoms with Crippen LogP contribution in [-0.2, 0) is 21.2 Å². The van der Waals surface area contributed by atoms with E-state index in [1.54, 1.807) is 42.5 Å². The number of para-hydroxylation sites is 1. The number of carbonyl (C=O) groups is 1. The molecule has 1 aromatic heterocycles. The molecule has 8 heteroatoms. The van der Waals surface area contributed by atoms with Gasteiger partial charge in [-0.15, -0.1) is 0 Å². The monoisotopic (exact) mass is 457 g/mol. The van der Waals surface area contributed by atoms with Gasteiger partial charge in [-0.25, -0.2) is 16.8 Å². The van der Waals surface area contributed by atoms with Crippen molar-refractivity contribution in [2.75, 3.05) is 0 Å². The van der Waals surface area contributed by atoms with Crippen LogP contribution in [0.3, 0.4) is 0 Å². The minimum atomic E-state index is -4.00. The van der Waals surface area contributed by atoms with Gasteiger partial charge >= 0.3 is 5.97 Å². The second-order valence-electron chi connectivity index (χ2n) is 7.00. The second-order valence-corrected chi connectivity index (χ2v) is 9.19. The number of carboxylic acids is 1. The number of rotatable bonds is 6. The third-order valence-corrected chi connectivity index (χ3v) is 7.08. The summed E-state index contributed by atoms with van der Waals surface area (Å²) in [5.74, 6) is -1.55. The summed E-state index contributed by atoms with van der Waals surface area (Å²) in [6, 6.07) is 17.4. The summed E-state index contributed by atoms with van der Waals surface area (Å²) in [4.78, 5) is 11.0. The Balaban J connectivity index is 1.84. The van der Waals surface area contributed by atoms with Crippen LogP contribution in [0.25, 0.3) is 22.0 Å². The molecule has 1 heterocycles. The first-order valence-corrected chi connectivity index (χ1v) is 11.2. The van der Waals surface area contributed by atoms with E-state index in [9.17, 15) is 17.6 Å². The number of fused-ring (bicyclic) bond motifs is 1. The molecule has 0 aliphatic rings. The van der Waals surface area contributed by atoms with Crippen LogP contribution in [0.2, 0.25) is 5.02 Å². The molecule has 0 saturated carbocycles. The van der Waals surface area contributed by atoms with E-state index in [4.69, 9.17) is 16.7 Å². The molecule has 0 spiro atoms. The van der Waals surface area contributed by atoms with Crippen molar-refractivity contribution in [3.63, 3.8) is 0 Å². The van der Waals surface area contributed by atoms with Crippen molar-refractivity contribution < 1.29 is 22.7 Å². The van der Waals surface area contributed by atoms with E-state index in [2.05, 4.69) is 0 Å². The van der Waals surface area contributed by atoms with Gasteiger partial charge in [-0.3, -0.25) is 4.79 Å². The molecule has 31 heavy (non-hydrogen) atoms. The number of benzene rings is 3. The molecular formula is C23H17ClFNO4S. The third kappa shape index (κ3) is 3.94. The third-order valence-electron chi connectivity index (χ3n) is 5.02. The Labute approximate surface area is 183 Å². The van der Waals surface area contributed by atoms with Gasteiger partial charge in [0.1, 0.15) is 5.82 Å². The van der Waals surface area contributed by atoms with Gasteiger partial charge in [-0.2, -0.15) is 0 Å². The second kappa shape index (κ2) is 8.17. The lowest BCUT2D eigenvalue weighted by Crippen LogP contribution is -2.12. The van der Waals surface area contributed by atoms with Crippen LogP contribution in [0.15, 0.2) is 77.8 Å². The summed E-state index contributed by atoms with van der Waals surface area (Å²) in [5.41, 5.74) is 1.94. The maximum atomic E-state index is 13.9. The van der Waals surface area contributed by atoms with E-state index in [1.807, 2.05) is 0 Å². The average molecular weight is 458 g/mol. The van der Waals surface area contributed by atoms with Crippen molar-refractivity contribution in [2.45, 2.75) is 17.7 Å². The highest BCUT2D eigenvalue weighted by Gasteiger charge is 2.22. The maximum Gasteiger partial charge on any atom is 0.303 e. The van der Waals surface area contributed by atoms with Crippen LogP contribution in [0.5, 0.6) is 0 Å². The van der Waals surface area contributed by atoms with Gasteiger partial charge in [0.15, 0.2) is 0 Å².